The monoisotopic (exact) mass is 224 g/mol. The van der Waals surface area contributed by atoms with Crippen molar-refractivity contribution in [3.8, 4) is 0 Å². The number of rotatable bonds is 3. The highest BCUT2D eigenvalue weighted by molar-refractivity contribution is 6.01. The molecular formula is C11H16N2O3. The molecule has 1 saturated heterocycles. The van der Waals surface area contributed by atoms with Crippen LogP contribution in [0.25, 0.3) is 0 Å². The first-order valence-corrected chi connectivity index (χ1v) is 5.76. The van der Waals surface area contributed by atoms with E-state index in [1.807, 2.05) is 0 Å². The van der Waals surface area contributed by atoms with E-state index < -0.39 is 6.04 Å². The highest BCUT2D eigenvalue weighted by Crippen LogP contribution is 2.41. The van der Waals surface area contributed by atoms with Gasteiger partial charge in [-0.05, 0) is 18.8 Å². The molecule has 1 heterocycles. The van der Waals surface area contributed by atoms with Gasteiger partial charge in [0.25, 0.3) is 0 Å². The largest absolute Gasteiger partial charge is 0.344 e. The third kappa shape index (κ3) is 2.23. The summed E-state index contributed by atoms with van der Waals surface area (Å²) in [5.74, 6) is -0.114. The molecule has 3 atom stereocenters. The molecule has 0 radical (unpaired) electrons. The zero-order valence-corrected chi connectivity index (χ0v) is 9.29. The maximum absolute atomic E-state index is 11.7. The Labute approximate surface area is 94.0 Å². The summed E-state index contributed by atoms with van der Waals surface area (Å²) >= 11 is 0. The summed E-state index contributed by atoms with van der Waals surface area (Å²) < 4.78 is 0. The van der Waals surface area contributed by atoms with Gasteiger partial charge in [-0.15, -0.1) is 0 Å². The molecule has 2 rings (SSSR count). The summed E-state index contributed by atoms with van der Waals surface area (Å²) in [6.45, 7) is 2.06. The van der Waals surface area contributed by atoms with E-state index in [2.05, 4.69) is 17.6 Å². The van der Waals surface area contributed by atoms with Gasteiger partial charge in [0, 0.05) is 12.3 Å². The lowest BCUT2D eigenvalue weighted by atomic mass is 10.1. The minimum absolute atomic E-state index is 0.0404. The molecule has 2 N–H and O–H groups in total. The van der Waals surface area contributed by atoms with Crippen molar-refractivity contribution >= 4 is 17.7 Å². The van der Waals surface area contributed by atoms with Gasteiger partial charge >= 0.3 is 0 Å². The molecule has 1 aliphatic carbocycles. The second-order valence-electron chi connectivity index (χ2n) is 4.52. The van der Waals surface area contributed by atoms with E-state index >= 15 is 0 Å². The smallest absolute Gasteiger partial charge is 0.249 e. The topological polar surface area (TPSA) is 75.3 Å². The van der Waals surface area contributed by atoms with Crippen molar-refractivity contribution in [1.29, 1.82) is 0 Å². The molecule has 2 aliphatic rings. The average Bonchev–Trinajstić information content (AvgIpc) is 3.01. The van der Waals surface area contributed by atoms with Crippen LogP contribution in [0.3, 0.4) is 0 Å². The van der Waals surface area contributed by atoms with Gasteiger partial charge in [-0.25, -0.2) is 0 Å². The molecule has 2 fully saturated rings. The molecule has 0 aromatic carbocycles. The minimum Gasteiger partial charge on any atom is -0.344 e. The van der Waals surface area contributed by atoms with Crippen LogP contribution in [0.1, 0.15) is 32.6 Å². The molecule has 5 heteroatoms. The number of carbonyl (C=O) groups excluding carboxylic acids is 3. The fourth-order valence-corrected chi connectivity index (χ4v) is 2.13. The summed E-state index contributed by atoms with van der Waals surface area (Å²) in [4.78, 5) is 34.0. The van der Waals surface area contributed by atoms with Crippen LogP contribution >= 0.6 is 0 Å². The Hall–Kier alpha value is -1.39. The number of imide groups is 1. The van der Waals surface area contributed by atoms with Crippen LogP contribution in [-0.4, -0.2) is 23.8 Å². The zero-order chi connectivity index (χ0) is 11.7. The number of amides is 3. The average molecular weight is 224 g/mol. The van der Waals surface area contributed by atoms with Gasteiger partial charge in [-0.3, -0.25) is 19.7 Å². The zero-order valence-electron chi connectivity index (χ0n) is 9.29. The first kappa shape index (κ1) is 11.1. The fourth-order valence-electron chi connectivity index (χ4n) is 2.13. The second-order valence-corrected chi connectivity index (χ2v) is 4.52. The number of nitrogens with one attached hydrogen (secondary N) is 2. The van der Waals surface area contributed by atoms with Crippen molar-refractivity contribution in [2.45, 2.75) is 38.6 Å². The molecule has 1 aliphatic heterocycles. The lowest BCUT2D eigenvalue weighted by molar-refractivity contribution is -0.137. The van der Waals surface area contributed by atoms with Crippen molar-refractivity contribution in [3.63, 3.8) is 0 Å². The number of hydrogen-bond donors (Lipinski definition) is 2. The van der Waals surface area contributed by atoms with Gasteiger partial charge in [0.05, 0.1) is 0 Å². The third-order valence-corrected chi connectivity index (χ3v) is 3.34. The van der Waals surface area contributed by atoms with Gasteiger partial charge < -0.3 is 5.32 Å². The van der Waals surface area contributed by atoms with Gasteiger partial charge in [-0.2, -0.15) is 0 Å². The predicted molar refractivity (Wildman–Crippen MR) is 56.2 cm³/mol. The summed E-state index contributed by atoms with van der Waals surface area (Å²) in [6.07, 6.45) is 2.65. The lowest BCUT2D eigenvalue weighted by Crippen LogP contribution is -2.52. The first-order chi connectivity index (χ1) is 7.61. The quantitative estimate of drug-likeness (QED) is 0.660. The second kappa shape index (κ2) is 4.23. The molecule has 16 heavy (non-hydrogen) atoms. The maximum atomic E-state index is 11.7. The van der Waals surface area contributed by atoms with E-state index in [9.17, 15) is 14.4 Å². The molecule has 3 amide bonds. The van der Waals surface area contributed by atoms with Crippen molar-refractivity contribution in [1.82, 2.24) is 10.6 Å². The Morgan fingerprint density at radius 2 is 2.25 bits per heavy atom. The molecule has 1 saturated carbocycles. The van der Waals surface area contributed by atoms with Gasteiger partial charge in [0.2, 0.25) is 17.7 Å². The molecule has 1 unspecified atom stereocenters. The van der Waals surface area contributed by atoms with E-state index in [1.54, 1.807) is 0 Å². The van der Waals surface area contributed by atoms with Crippen LogP contribution in [0.5, 0.6) is 0 Å². The van der Waals surface area contributed by atoms with Gasteiger partial charge in [0.1, 0.15) is 6.04 Å². The molecule has 5 nitrogen and oxygen atoms in total. The Morgan fingerprint density at radius 3 is 2.81 bits per heavy atom. The normalized spacial score (nSPS) is 33.2. The Morgan fingerprint density at radius 1 is 1.50 bits per heavy atom. The first-order valence-electron chi connectivity index (χ1n) is 5.76. The molecular weight excluding hydrogens is 208 g/mol. The molecule has 88 valence electrons. The summed E-state index contributed by atoms with van der Waals surface area (Å²) in [7, 11) is 0. The highest BCUT2D eigenvalue weighted by atomic mass is 16.2. The van der Waals surface area contributed by atoms with Crippen LogP contribution in [0.15, 0.2) is 0 Å². The standard InChI is InChI=1S/C11H16N2O3/c1-2-6-5-7(6)10(15)12-8-3-4-9(14)13-11(8)16/h6-8H,2-5H2,1H3,(H,12,15)(H,13,14,16)/t6-,7-,8?/m1/s1. The van der Waals surface area contributed by atoms with Crippen LogP contribution < -0.4 is 10.6 Å². The molecule has 0 aromatic rings. The summed E-state index contributed by atoms with van der Waals surface area (Å²) in [6, 6.07) is -0.525. The summed E-state index contributed by atoms with van der Waals surface area (Å²) in [5.41, 5.74) is 0. The van der Waals surface area contributed by atoms with Crippen molar-refractivity contribution < 1.29 is 14.4 Å². The van der Waals surface area contributed by atoms with Crippen molar-refractivity contribution in [3.05, 3.63) is 0 Å². The minimum atomic E-state index is -0.525. The van der Waals surface area contributed by atoms with E-state index in [1.165, 1.54) is 0 Å². The predicted octanol–water partition coefficient (Wildman–Crippen LogP) is -0.0461. The number of carbonyl (C=O) groups is 3. The highest BCUT2D eigenvalue weighted by Gasteiger charge is 2.42. The van der Waals surface area contributed by atoms with Crippen LogP contribution in [0.4, 0.5) is 0 Å². The van der Waals surface area contributed by atoms with Crippen LogP contribution in [0, 0.1) is 11.8 Å². The Balaban J connectivity index is 1.83. The Bertz CT molecular complexity index is 340. The maximum Gasteiger partial charge on any atom is 0.249 e. The van der Waals surface area contributed by atoms with Crippen molar-refractivity contribution in [2.75, 3.05) is 0 Å². The SMILES string of the molecule is CC[C@@H]1C[C@H]1C(=O)NC1CCC(=O)NC1=O. The van der Waals surface area contributed by atoms with Gasteiger partial charge in [-0.1, -0.05) is 13.3 Å². The third-order valence-electron chi connectivity index (χ3n) is 3.34. The van der Waals surface area contributed by atoms with Crippen LogP contribution in [-0.2, 0) is 14.4 Å². The van der Waals surface area contributed by atoms with Crippen LogP contribution in [0.2, 0.25) is 0 Å². The van der Waals surface area contributed by atoms with Crippen molar-refractivity contribution in [2.24, 2.45) is 11.8 Å². The fraction of sp³-hybridized carbons (Fsp3) is 0.727. The van der Waals surface area contributed by atoms with E-state index in [4.69, 9.17) is 0 Å². The molecule has 0 bridgehead atoms. The Kier molecular flexibility index (Phi) is 2.94. The summed E-state index contributed by atoms with van der Waals surface area (Å²) in [5, 5.41) is 4.94. The number of hydrogen-bond acceptors (Lipinski definition) is 3. The molecule has 0 aromatic heterocycles. The lowest BCUT2D eigenvalue weighted by Gasteiger charge is -2.21. The van der Waals surface area contributed by atoms with E-state index in [-0.39, 0.29) is 23.6 Å². The van der Waals surface area contributed by atoms with E-state index in [0.717, 1.165) is 12.8 Å². The number of piperidine rings is 1. The van der Waals surface area contributed by atoms with Gasteiger partial charge in [0.15, 0.2) is 0 Å². The van der Waals surface area contributed by atoms with E-state index in [0.29, 0.717) is 18.8 Å². The molecule has 0 spiro atoms.